The summed E-state index contributed by atoms with van der Waals surface area (Å²) in [6.45, 7) is 11.8. The third-order valence-corrected chi connectivity index (χ3v) is 4.44. The van der Waals surface area contributed by atoms with Crippen molar-refractivity contribution in [3.8, 4) is 0 Å². The van der Waals surface area contributed by atoms with Crippen molar-refractivity contribution in [1.29, 1.82) is 0 Å². The second-order valence-corrected chi connectivity index (χ2v) is 5.88. The number of nitrogens with two attached hydrogens (primary N) is 1. The third-order valence-electron chi connectivity index (χ3n) is 4.44. The van der Waals surface area contributed by atoms with E-state index in [-0.39, 0.29) is 0 Å². The van der Waals surface area contributed by atoms with Gasteiger partial charge in [-0.1, -0.05) is 12.1 Å². The summed E-state index contributed by atoms with van der Waals surface area (Å²) in [7, 11) is 2.19. The first kappa shape index (κ1) is 14.5. The van der Waals surface area contributed by atoms with E-state index in [4.69, 9.17) is 5.73 Å². The molecule has 0 aliphatic carbocycles. The Morgan fingerprint density at radius 1 is 1.00 bits per heavy atom. The van der Waals surface area contributed by atoms with Crippen LogP contribution in [0.2, 0.25) is 0 Å². The molecule has 1 unspecified atom stereocenters. The highest BCUT2D eigenvalue weighted by atomic mass is 15.3. The predicted molar refractivity (Wildman–Crippen MR) is 81.5 cm³/mol. The van der Waals surface area contributed by atoms with Crippen molar-refractivity contribution < 1.29 is 0 Å². The topological polar surface area (TPSA) is 32.5 Å². The summed E-state index contributed by atoms with van der Waals surface area (Å²) < 4.78 is 0. The highest BCUT2D eigenvalue weighted by Gasteiger charge is 2.24. The first-order valence-corrected chi connectivity index (χ1v) is 7.23. The van der Waals surface area contributed by atoms with Crippen LogP contribution in [0.1, 0.15) is 28.3 Å². The second-order valence-electron chi connectivity index (χ2n) is 5.88. The molecule has 3 heteroatoms. The van der Waals surface area contributed by atoms with Crippen LogP contribution < -0.4 is 5.73 Å². The van der Waals surface area contributed by atoms with E-state index in [0.717, 1.165) is 26.2 Å². The Hall–Kier alpha value is -0.900. The zero-order valence-corrected chi connectivity index (χ0v) is 12.7. The Balaban J connectivity index is 2.24. The lowest BCUT2D eigenvalue weighted by Gasteiger charge is -2.38. The van der Waals surface area contributed by atoms with Gasteiger partial charge in [0.1, 0.15) is 0 Å². The molecule has 2 N–H and O–H groups in total. The minimum atomic E-state index is 0.369. The van der Waals surface area contributed by atoms with Gasteiger partial charge >= 0.3 is 0 Å². The molecule has 2 rings (SSSR count). The maximum atomic E-state index is 6.07. The number of likely N-dealkylation sites (N-methyl/N-ethyl adjacent to an activating group) is 1. The fourth-order valence-electron chi connectivity index (χ4n) is 2.95. The van der Waals surface area contributed by atoms with Crippen molar-refractivity contribution in [1.82, 2.24) is 9.80 Å². The Morgan fingerprint density at radius 3 is 2.16 bits per heavy atom. The molecule has 1 aliphatic heterocycles. The normalized spacial score (nSPS) is 19.6. The molecule has 0 aromatic heterocycles. The molecule has 1 aromatic carbocycles. The molecule has 0 bridgehead atoms. The molecule has 0 radical (unpaired) electrons. The molecule has 1 heterocycles. The van der Waals surface area contributed by atoms with E-state index in [0.29, 0.717) is 12.6 Å². The number of nitrogens with zero attached hydrogens (tertiary/aromatic N) is 2. The van der Waals surface area contributed by atoms with Gasteiger partial charge in [0.15, 0.2) is 0 Å². The number of benzene rings is 1. The number of rotatable bonds is 3. The Labute approximate surface area is 117 Å². The monoisotopic (exact) mass is 261 g/mol. The fraction of sp³-hybridized carbons (Fsp3) is 0.625. The van der Waals surface area contributed by atoms with E-state index in [2.05, 4.69) is 49.8 Å². The van der Waals surface area contributed by atoms with Gasteiger partial charge in [-0.2, -0.15) is 0 Å². The highest BCUT2D eigenvalue weighted by Crippen LogP contribution is 2.26. The van der Waals surface area contributed by atoms with Crippen LogP contribution >= 0.6 is 0 Å². The zero-order chi connectivity index (χ0) is 14.0. The van der Waals surface area contributed by atoms with Crippen LogP contribution in [0.15, 0.2) is 12.1 Å². The van der Waals surface area contributed by atoms with Gasteiger partial charge in [0.25, 0.3) is 0 Å². The van der Waals surface area contributed by atoms with Crippen molar-refractivity contribution in [2.24, 2.45) is 5.73 Å². The van der Waals surface area contributed by atoms with Gasteiger partial charge in [-0.15, -0.1) is 0 Å². The molecular formula is C16H27N3. The van der Waals surface area contributed by atoms with Crippen molar-refractivity contribution in [2.45, 2.75) is 26.8 Å². The van der Waals surface area contributed by atoms with E-state index < -0.39 is 0 Å². The fourth-order valence-corrected chi connectivity index (χ4v) is 2.95. The van der Waals surface area contributed by atoms with Gasteiger partial charge < -0.3 is 10.6 Å². The van der Waals surface area contributed by atoms with Crippen molar-refractivity contribution in [3.05, 3.63) is 34.4 Å². The smallest absolute Gasteiger partial charge is 0.0474 e. The maximum Gasteiger partial charge on any atom is 0.0474 e. The summed E-state index contributed by atoms with van der Waals surface area (Å²) in [6, 6.07) is 5.00. The van der Waals surface area contributed by atoms with Gasteiger partial charge in [0.05, 0.1) is 0 Å². The van der Waals surface area contributed by atoms with Gasteiger partial charge in [-0.25, -0.2) is 0 Å². The molecule has 3 nitrogen and oxygen atoms in total. The molecule has 1 aromatic rings. The van der Waals surface area contributed by atoms with Crippen LogP contribution in [-0.4, -0.2) is 49.6 Å². The first-order chi connectivity index (χ1) is 9.02. The average molecular weight is 261 g/mol. The largest absolute Gasteiger partial charge is 0.329 e. The van der Waals surface area contributed by atoms with Crippen molar-refractivity contribution in [3.63, 3.8) is 0 Å². The number of piperazine rings is 1. The summed E-state index contributed by atoms with van der Waals surface area (Å²) in [5, 5.41) is 0. The van der Waals surface area contributed by atoms with E-state index in [9.17, 15) is 0 Å². The van der Waals surface area contributed by atoms with Crippen LogP contribution in [-0.2, 0) is 0 Å². The summed E-state index contributed by atoms with van der Waals surface area (Å²) in [5.74, 6) is 0. The molecule has 1 aliphatic rings. The molecular weight excluding hydrogens is 234 g/mol. The zero-order valence-electron chi connectivity index (χ0n) is 12.7. The highest BCUT2D eigenvalue weighted by molar-refractivity contribution is 5.38. The number of hydrogen-bond donors (Lipinski definition) is 1. The minimum Gasteiger partial charge on any atom is -0.329 e. The van der Waals surface area contributed by atoms with Gasteiger partial charge in [0.2, 0.25) is 0 Å². The van der Waals surface area contributed by atoms with Crippen LogP contribution in [0.3, 0.4) is 0 Å². The van der Waals surface area contributed by atoms with E-state index in [1.54, 1.807) is 0 Å². The molecule has 1 fully saturated rings. The summed E-state index contributed by atoms with van der Waals surface area (Å²) in [5.41, 5.74) is 11.6. The lowest BCUT2D eigenvalue weighted by molar-refractivity contribution is 0.114. The maximum absolute atomic E-state index is 6.07. The number of hydrogen-bond acceptors (Lipinski definition) is 3. The summed E-state index contributed by atoms with van der Waals surface area (Å²) >= 11 is 0. The summed E-state index contributed by atoms with van der Waals surface area (Å²) in [4.78, 5) is 4.93. The standard InChI is InChI=1S/C16H27N3/c1-12-9-14(3)15(10-13(12)2)16(11-17)19-7-5-18(4)6-8-19/h9-10,16H,5-8,11,17H2,1-4H3. The molecule has 0 spiro atoms. The minimum absolute atomic E-state index is 0.369. The van der Waals surface area contributed by atoms with Crippen LogP contribution in [0, 0.1) is 20.8 Å². The van der Waals surface area contributed by atoms with E-state index in [1.165, 1.54) is 22.3 Å². The van der Waals surface area contributed by atoms with Crippen LogP contribution in [0.25, 0.3) is 0 Å². The van der Waals surface area contributed by atoms with Gasteiger partial charge in [0, 0.05) is 38.8 Å². The Bertz CT molecular complexity index is 434. The van der Waals surface area contributed by atoms with Crippen molar-refractivity contribution >= 4 is 0 Å². The lowest BCUT2D eigenvalue weighted by atomic mass is 9.94. The number of aryl methyl sites for hydroxylation is 3. The predicted octanol–water partition coefficient (Wildman–Crippen LogP) is 1.86. The summed E-state index contributed by atoms with van der Waals surface area (Å²) in [6.07, 6.45) is 0. The Morgan fingerprint density at radius 2 is 1.58 bits per heavy atom. The van der Waals surface area contributed by atoms with Crippen molar-refractivity contribution in [2.75, 3.05) is 39.8 Å². The molecule has 1 saturated heterocycles. The quantitative estimate of drug-likeness (QED) is 0.901. The SMILES string of the molecule is Cc1cc(C)c(C(CN)N2CCN(C)CC2)cc1C. The van der Waals surface area contributed by atoms with E-state index in [1.807, 2.05) is 0 Å². The van der Waals surface area contributed by atoms with Crippen LogP contribution in [0.4, 0.5) is 0 Å². The molecule has 0 amide bonds. The van der Waals surface area contributed by atoms with Crippen LogP contribution in [0.5, 0.6) is 0 Å². The first-order valence-electron chi connectivity index (χ1n) is 7.23. The molecule has 19 heavy (non-hydrogen) atoms. The lowest BCUT2D eigenvalue weighted by Crippen LogP contribution is -2.47. The third kappa shape index (κ3) is 3.16. The van der Waals surface area contributed by atoms with E-state index >= 15 is 0 Å². The molecule has 0 saturated carbocycles. The Kier molecular flexibility index (Phi) is 4.61. The molecule has 106 valence electrons. The van der Waals surface area contributed by atoms with Gasteiger partial charge in [-0.05, 0) is 50.1 Å². The second kappa shape index (κ2) is 6.04. The average Bonchev–Trinajstić information content (AvgIpc) is 2.38. The van der Waals surface area contributed by atoms with Gasteiger partial charge in [-0.3, -0.25) is 4.90 Å². The molecule has 1 atom stereocenters.